The predicted molar refractivity (Wildman–Crippen MR) is 118 cm³/mol. The van der Waals surface area contributed by atoms with Crippen molar-refractivity contribution in [3.8, 4) is 11.3 Å². The first kappa shape index (κ1) is 22.0. The van der Waals surface area contributed by atoms with Crippen LogP contribution in [0.4, 0.5) is 0 Å². The fourth-order valence-electron chi connectivity index (χ4n) is 4.11. The van der Waals surface area contributed by atoms with Crippen molar-refractivity contribution in [2.45, 2.75) is 53.1 Å². The molecule has 0 bridgehead atoms. The summed E-state index contributed by atoms with van der Waals surface area (Å²) in [6.07, 6.45) is 6.25. The minimum atomic E-state index is -0.219. The molecule has 3 aromatic heterocycles. The van der Waals surface area contributed by atoms with Crippen molar-refractivity contribution in [2.24, 2.45) is 0 Å². The molecular weight excluding hydrogens is 380 g/mol. The van der Waals surface area contributed by atoms with E-state index in [4.69, 9.17) is 0 Å². The van der Waals surface area contributed by atoms with Gasteiger partial charge >= 0.3 is 0 Å². The molecule has 162 valence electrons. The Labute approximate surface area is 176 Å². The summed E-state index contributed by atoms with van der Waals surface area (Å²) in [7, 11) is 0. The summed E-state index contributed by atoms with van der Waals surface area (Å²) in [5.41, 5.74) is 5.86. The number of H-pyrrole nitrogens is 3. The molecule has 0 aliphatic rings. The van der Waals surface area contributed by atoms with Gasteiger partial charge in [0.05, 0.1) is 23.6 Å². The van der Waals surface area contributed by atoms with Crippen molar-refractivity contribution in [3.63, 3.8) is 0 Å². The number of hydrogen-bond acceptors (Lipinski definition) is 5. The maximum absolute atomic E-state index is 12.1. The molecule has 0 aliphatic carbocycles. The van der Waals surface area contributed by atoms with Gasteiger partial charge in [-0.15, -0.1) is 0 Å². The lowest BCUT2D eigenvalue weighted by atomic mass is 9.93. The molecule has 30 heavy (non-hydrogen) atoms. The van der Waals surface area contributed by atoms with Crippen LogP contribution < -0.4 is 5.56 Å². The second kappa shape index (κ2) is 9.86. The molecule has 0 unspecified atom stereocenters. The Morgan fingerprint density at radius 2 is 1.87 bits per heavy atom. The Balaban J connectivity index is 2.00. The Morgan fingerprint density at radius 3 is 2.47 bits per heavy atom. The third-order valence-corrected chi connectivity index (χ3v) is 5.64. The first-order valence-electron chi connectivity index (χ1n) is 10.6. The summed E-state index contributed by atoms with van der Waals surface area (Å²) in [6.45, 7) is 11.6. The quantitative estimate of drug-likeness (QED) is 0.409. The highest BCUT2D eigenvalue weighted by atomic mass is 16.3. The van der Waals surface area contributed by atoms with Crippen molar-refractivity contribution < 1.29 is 5.11 Å². The number of nitrogens with one attached hydrogen (secondary N) is 3. The molecule has 3 rings (SSSR count). The number of aliphatic hydroxyl groups excluding tert-OH is 1. The van der Waals surface area contributed by atoms with Crippen LogP contribution in [0.15, 0.2) is 23.4 Å². The highest BCUT2D eigenvalue weighted by Crippen LogP contribution is 2.30. The first-order valence-corrected chi connectivity index (χ1v) is 10.6. The predicted octanol–water partition coefficient (Wildman–Crippen LogP) is 2.58. The molecule has 0 aliphatic heterocycles. The van der Waals surface area contributed by atoms with E-state index in [0.717, 1.165) is 43.1 Å². The minimum absolute atomic E-state index is 0.0297. The van der Waals surface area contributed by atoms with Crippen molar-refractivity contribution in [3.05, 3.63) is 57.2 Å². The van der Waals surface area contributed by atoms with E-state index < -0.39 is 0 Å². The lowest BCUT2D eigenvalue weighted by molar-refractivity contribution is 0.273. The molecule has 0 fully saturated rings. The standard InChI is InChI=1S/C22H32N6O2/c1-5-28(6-2)10-7-15-19(13-29)26-17(20(15)14(3)4)11-18-21(24-9-8-23-18)16-12-25-27-22(16)30/h8-9,12,14,26,29H,5-7,10-11,13H2,1-4H3,(H2,25,27,30). The van der Waals surface area contributed by atoms with Gasteiger partial charge in [-0.3, -0.25) is 19.9 Å². The van der Waals surface area contributed by atoms with Crippen LogP contribution in [-0.4, -0.2) is 54.8 Å². The zero-order chi connectivity index (χ0) is 21.7. The van der Waals surface area contributed by atoms with E-state index in [0.29, 0.717) is 23.6 Å². The molecule has 0 amide bonds. The third kappa shape index (κ3) is 4.55. The molecule has 0 radical (unpaired) electrons. The highest BCUT2D eigenvalue weighted by molar-refractivity contribution is 5.60. The zero-order valence-electron chi connectivity index (χ0n) is 18.2. The van der Waals surface area contributed by atoms with Gasteiger partial charge in [0.2, 0.25) is 0 Å². The van der Waals surface area contributed by atoms with Crippen LogP contribution in [0.3, 0.4) is 0 Å². The number of aromatic nitrogens is 5. The molecule has 8 nitrogen and oxygen atoms in total. The number of rotatable bonds is 10. The van der Waals surface area contributed by atoms with Crippen molar-refractivity contribution in [2.75, 3.05) is 19.6 Å². The van der Waals surface area contributed by atoms with E-state index >= 15 is 0 Å². The lowest BCUT2D eigenvalue weighted by Gasteiger charge is -2.19. The summed E-state index contributed by atoms with van der Waals surface area (Å²) in [5, 5.41) is 15.3. The topological polar surface area (TPSA) is 114 Å². The largest absolute Gasteiger partial charge is 0.390 e. The van der Waals surface area contributed by atoms with Crippen molar-refractivity contribution in [1.29, 1.82) is 0 Å². The molecule has 3 aromatic rings. The Morgan fingerprint density at radius 1 is 1.13 bits per heavy atom. The van der Waals surface area contributed by atoms with Gasteiger partial charge in [0.1, 0.15) is 0 Å². The maximum Gasteiger partial charge on any atom is 0.273 e. The van der Waals surface area contributed by atoms with Gasteiger partial charge < -0.3 is 20.1 Å². The number of aliphatic hydroxyl groups is 1. The molecular formula is C22H32N6O2. The number of likely N-dealkylation sites (N-methyl/N-ethyl adjacent to an activating group) is 1. The highest BCUT2D eigenvalue weighted by Gasteiger charge is 2.22. The Kier molecular flexibility index (Phi) is 7.23. The normalized spacial score (nSPS) is 11.7. The molecule has 8 heteroatoms. The van der Waals surface area contributed by atoms with E-state index in [-0.39, 0.29) is 12.2 Å². The van der Waals surface area contributed by atoms with Crippen LogP contribution in [0, 0.1) is 0 Å². The molecule has 0 saturated carbocycles. The number of hydrogen-bond donors (Lipinski definition) is 4. The number of nitrogens with zero attached hydrogens (tertiary/aromatic N) is 3. The van der Waals surface area contributed by atoms with Crippen molar-refractivity contribution >= 4 is 0 Å². The van der Waals surface area contributed by atoms with Crippen LogP contribution in [0.2, 0.25) is 0 Å². The van der Waals surface area contributed by atoms with Crippen LogP contribution in [0.5, 0.6) is 0 Å². The fraction of sp³-hybridized carbons (Fsp3) is 0.500. The van der Waals surface area contributed by atoms with E-state index in [1.165, 1.54) is 11.1 Å². The van der Waals surface area contributed by atoms with E-state index in [2.05, 4.69) is 57.7 Å². The van der Waals surface area contributed by atoms with Crippen LogP contribution in [-0.2, 0) is 19.4 Å². The molecule has 0 saturated heterocycles. The fourth-order valence-corrected chi connectivity index (χ4v) is 4.11. The average Bonchev–Trinajstić information content (AvgIpc) is 3.32. The van der Waals surface area contributed by atoms with Crippen molar-refractivity contribution in [1.82, 2.24) is 30.0 Å². The summed E-state index contributed by atoms with van der Waals surface area (Å²) < 4.78 is 0. The Bertz CT molecular complexity index is 1010. The van der Waals surface area contributed by atoms with Gasteiger partial charge in [0.25, 0.3) is 5.56 Å². The van der Waals surface area contributed by atoms with Gasteiger partial charge in [-0.1, -0.05) is 27.7 Å². The molecule has 0 spiro atoms. The minimum Gasteiger partial charge on any atom is -0.390 e. The SMILES string of the molecule is CCN(CC)CCc1c(CO)[nH]c(Cc2nccnc2-c2c[nH][nH]c2=O)c1C(C)C. The second-order valence-electron chi connectivity index (χ2n) is 7.75. The van der Waals surface area contributed by atoms with Gasteiger partial charge in [0.15, 0.2) is 0 Å². The monoisotopic (exact) mass is 412 g/mol. The average molecular weight is 413 g/mol. The maximum atomic E-state index is 12.1. The smallest absolute Gasteiger partial charge is 0.273 e. The zero-order valence-corrected chi connectivity index (χ0v) is 18.2. The van der Waals surface area contributed by atoms with Gasteiger partial charge in [-0.2, -0.15) is 0 Å². The van der Waals surface area contributed by atoms with Crippen LogP contribution >= 0.6 is 0 Å². The van der Waals surface area contributed by atoms with Gasteiger partial charge in [-0.25, -0.2) is 0 Å². The second-order valence-corrected chi connectivity index (χ2v) is 7.75. The summed E-state index contributed by atoms with van der Waals surface area (Å²) in [4.78, 5) is 26.9. The third-order valence-electron chi connectivity index (χ3n) is 5.64. The Hall–Kier alpha value is -2.71. The summed E-state index contributed by atoms with van der Waals surface area (Å²) >= 11 is 0. The van der Waals surface area contributed by atoms with Gasteiger partial charge in [-0.05, 0) is 36.6 Å². The van der Waals surface area contributed by atoms with E-state index in [9.17, 15) is 9.90 Å². The molecule has 0 atom stereocenters. The summed E-state index contributed by atoms with van der Waals surface area (Å²) in [6, 6.07) is 0. The van der Waals surface area contributed by atoms with E-state index in [1.54, 1.807) is 18.6 Å². The molecule has 4 N–H and O–H groups in total. The lowest BCUT2D eigenvalue weighted by Crippen LogP contribution is -2.25. The first-order chi connectivity index (χ1) is 14.5. The van der Waals surface area contributed by atoms with Crippen LogP contribution in [0.1, 0.15) is 61.8 Å². The van der Waals surface area contributed by atoms with E-state index in [1.807, 2.05) is 0 Å². The molecule has 0 aromatic carbocycles. The van der Waals surface area contributed by atoms with Gasteiger partial charge in [0, 0.05) is 42.9 Å². The molecule has 3 heterocycles. The van der Waals surface area contributed by atoms with Crippen LogP contribution in [0.25, 0.3) is 11.3 Å². The summed E-state index contributed by atoms with van der Waals surface area (Å²) in [5.74, 6) is 0.291. The number of aromatic amines is 3.